The Bertz CT molecular complexity index is 1030. The van der Waals surface area contributed by atoms with Crippen LogP contribution in [-0.4, -0.2) is 22.7 Å². The summed E-state index contributed by atoms with van der Waals surface area (Å²) >= 11 is 12.0. The molecule has 1 aliphatic heterocycles. The molecule has 0 aliphatic carbocycles. The summed E-state index contributed by atoms with van der Waals surface area (Å²) < 4.78 is 0. The molecule has 2 aromatic rings. The van der Waals surface area contributed by atoms with Gasteiger partial charge in [-0.15, -0.1) is 0 Å². The molecule has 1 amide bonds. The fraction of sp³-hybridized carbons (Fsp3) is 0.261. The van der Waals surface area contributed by atoms with Crippen LogP contribution < -0.4 is 5.01 Å². The Morgan fingerprint density at radius 2 is 1.87 bits per heavy atom. The minimum absolute atomic E-state index is 0.0512. The summed E-state index contributed by atoms with van der Waals surface area (Å²) in [5.74, 6) is -1.92. The molecule has 0 aromatic heterocycles. The van der Waals surface area contributed by atoms with Crippen LogP contribution in [0, 0.1) is 12.8 Å². The van der Waals surface area contributed by atoms with E-state index in [1.54, 1.807) is 18.2 Å². The summed E-state index contributed by atoms with van der Waals surface area (Å²) in [4.78, 5) is 25.0. The van der Waals surface area contributed by atoms with Gasteiger partial charge in [-0.25, -0.2) is 9.80 Å². The topological polar surface area (TPSA) is 70.0 Å². The van der Waals surface area contributed by atoms with Gasteiger partial charge in [0.15, 0.2) is 0 Å². The summed E-state index contributed by atoms with van der Waals surface area (Å²) in [6, 6.07) is 12.4. The molecule has 1 aliphatic rings. The van der Waals surface area contributed by atoms with Crippen molar-refractivity contribution in [1.29, 1.82) is 0 Å². The minimum Gasteiger partial charge on any atom is -0.478 e. The summed E-state index contributed by atoms with van der Waals surface area (Å²) in [6.45, 7) is 3.97. The van der Waals surface area contributed by atoms with Crippen LogP contribution in [0.4, 0.5) is 5.69 Å². The molecule has 1 N–H and O–H groups in total. The van der Waals surface area contributed by atoms with E-state index in [9.17, 15) is 14.7 Å². The number of aliphatic carboxylic acids is 1. The smallest absolute Gasteiger partial charge is 0.331 e. The standard InChI is InChI=1S/C23H22Cl2N2O3/c1-3-4-21-18(22(28)27(26-21)17-8-5-14(2)6-9-17)13-16(23(29)30)11-15-7-10-19(24)20(25)12-15/h5-12,18H,3-4,13H2,1-2H3,(H,29,30)/b16-11-. The number of amides is 1. The average Bonchev–Trinajstić information content (AvgIpc) is 3.00. The molecule has 0 saturated heterocycles. The van der Waals surface area contributed by atoms with E-state index in [0.29, 0.717) is 33.4 Å². The van der Waals surface area contributed by atoms with Gasteiger partial charge in [-0.3, -0.25) is 4.79 Å². The maximum atomic E-state index is 13.1. The van der Waals surface area contributed by atoms with Crippen molar-refractivity contribution in [2.75, 3.05) is 5.01 Å². The number of carbonyl (C=O) groups excluding carboxylic acids is 1. The lowest BCUT2D eigenvalue weighted by Crippen LogP contribution is -2.28. The van der Waals surface area contributed by atoms with Crippen molar-refractivity contribution in [3.05, 3.63) is 69.2 Å². The van der Waals surface area contributed by atoms with Crippen LogP contribution in [0.5, 0.6) is 0 Å². The number of anilines is 1. The highest BCUT2D eigenvalue weighted by Crippen LogP contribution is 2.31. The molecule has 0 spiro atoms. The lowest BCUT2D eigenvalue weighted by Gasteiger charge is -2.15. The Morgan fingerprint density at radius 3 is 2.47 bits per heavy atom. The van der Waals surface area contributed by atoms with Gasteiger partial charge in [0.05, 0.1) is 27.4 Å². The molecule has 3 rings (SSSR count). The van der Waals surface area contributed by atoms with Crippen LogP contribution in [0.1, 0.15) is 37.3 Å². The largest absolute Gasteiger partial charge is 0.478 e. The summed E-state index contributed by atoms with van der Waals surface area (Å²) in [5.41, 5.74) is 3.17. The van der Waals surface area contributed by atoms with Gasteiger partial charge in [-0.1, -0.05) is 60.3 Å². The first-order valence-electron chi connectivity index (χ1n) is 9.67. The lowest BCUT2D eigenvalue weighted by atomic mass is 9.91. The second kappa shape index (κ2) is 9.45. The van der Waals surface area contributed by atoms with Crippen molar-refractivity contribution in [2.45, 2.75) is 33.1 Å². The zero-order valence-electron chi connectivity index (χ0n) is 16.7. The van der Waals surface area contributed by atoms with Crippen molar-refractivity contribution in [3.63, 3.8) is 0 Å². The molecule has 5 nitrogen and oxygen atoms in total. The molecule has 30 heavy (non-hydrogen) atoms. The Kier molecular flexibility index (Phi) is 6.95. The molecule has 0 radical (unpaired) electrons. The zero-order valence-corrected chi connectivity index (χ0v) is 18.2. The Labute approximate surface area is 185 Å². The number of benzene rings is 2. The number of rotatable bonds is 7. The molecule has 1 atom stereocenters. The van der Waals surface area contributed by atoms with Crippen LogP contribution in [0.2, 0.25) is 10.0 Å². The van der Waals surface area contributed by atoms with Crippen molar-refractivity contribution in [1.82, 2.24) is 0 Å². The summed E-state index contributed by atoms with van der Waals surface area (Å²) in [7, 11) is 0. The zero-order chi connectivity index (χ0) is 21.8. The van der Waals surface area contributed by atoms with Gasteiger partial charge >= 0.3 is 5.97 Å². The van der Waals surface area contributed by atoms with E-state index in [2.05, 4.69) is 5.10 Å². The van der Waals surface area contributed by atoms with Gasteiger partial charge in [0.1, 0.15) is 0 Å². The molecule has 0 saturated carbocycles. The third-order valence-corrected chi connectivity index (χ3v) is 5.64. The van der Waals surface area contributed by atoms with Gasteiger partial charge in [-0.05, 0) is 55.7 Å². The highest BCUT2D eigenvalue weighted by atomic mass is 35.5. The monoisotopic (exact) mass is 444 g/mol. The number of hydrogen-bond donors (Lipinski definition) is 1. The number of carboxylic acid groups (broad SMARTS) is 1. The van der Waals surface area contributed by atoms with Gasteiger partial charge in [0.2, 0.25) is 0 Å². The average molecular weight is 445 g/mol. The van der Waals surface area contributed by atoms with Gasteiger partial charge in [0.25, 0.3) is 5.91 Å². The van der Waals surface area contributed by atoms with E-state index in [4.69, 9.17) is 23.2 Å². The van der Waals surface area contributed by atoms with E-state index in [0.717, 1.165) is 12.0 Å². The molecule has 156 valence electrons. The van der Waals surface area contributed by atoms with E-state index >= 15 is 0 Å². The second-order valence-electron chi connectivity index (χ2n) is 7.23. The summed E-state index contributed by atoms with van der Waals surface area (Å²) in [5, 5.41) is 16.4. The maximum Gasteiger partial charge on any atom is 0.331 e. The van der Waals surface area contributed by atoms with Crippen molar-refractivity contribution in [3.8, 4) is 0 Å². The predicted octanol–water partition coefficient (Wildman–Crippen LogP) is 5.98. The third kappa shape index (κ3) is 4.91. The van der Waals surface area contributed by atoms with Crippen LogP contribution >= 0.6 is 23.2 Å². The number of nitrogens with zero attached hydrogens (tertiary/aromatic N) is 2. The van der Waals surface area contributed by atoms with E-state index in [1.165, 1.54) is 11.1 Å². The van der Waals surface area contributed by atoms with E-state index < -0.39 is 11.9 Å². The number of carboxylic acids is 1. The lowest BCUT2D eigenvalue weighted by molar-refractivity contribution is -0.132. The minimum atomic E-state index is -1.08. The van der Waals surface area contributed by atoms with Gasteiger partial charge < -0.3 is 5.11 Å². The van der Waals surface area contributed by atoms with E-state index in [-0.39, 0.29) is 17.9 Å². The normalized spacial score (nSPS) is 16.7. The molecular weight excluding hydrogens is 423 g/mol. The number of halogens is 2. The van der Waals surface area contributed by atoms with Gasteiger partial charge in [-0.2, -0.15) is 5.10 Å². The summed E-state index contributed by atoms with van der Waals surface area (Å²) in [6.07, 6.45) is 3.01. The molecule has 1 unspecified atom stereocenters. The van der Waals surface area contributed by atoms with Crippen molar-refractivity contribution in [2.24, 2.45) is 11.0 Å². The molecule has 0 fully saturated rings. The first-order chi connectivity index (χ1) is 14.3. The number of aryl methyl sites for hydroxylation is 1. The SMILES string of the molecule is CCCC1=NN(c2ccc(C)cc2)C(=O)C1C/C(=C/c1ccc(Cl)c(Cl)c1)C(=O)O. The van der Waals surface area contributed by atoms with E-state index in [1.807, 2.05) is 38.1 Å². The Balaban J connectivity index is 1.91. The fourth-order valence-corrected chi connectivity index (χ4v) is 3.63. The molecule has 2 aromatic carbocycles. The first kappa shape index (κ1) is 22.1. The molecule has 0 bridgehead atoms. The highest BCUT2D eigenvalue weighted by molar-refractivity contribution is 6.42. The molecular formula is C23H22Cl2N2O3. The highest BCUT2D eigenvalue weighted by Gasteiger charge is 2.37. The van der Waals surface area contributed by atoms with Crippen LogP contribution in [0.15, 0.2) is 53.1 Å². The van der Waals surface area contributed by atoms with Crippen LogP contribution in [0.25, 0.3) is 6.08 Å². The van der Waals surface area contributed by atoms with Crippen molar-refractivity contribution < 1.29 is 14.7 Å². The van der Waals surface area contributed by atoms with Crippen molar-refractivity contribution >= 4 is 52.6 Å². The predicted molar refractivity (Wildman–Crippen MR) is 121 cm³/mol. The second-order valence-corrected chi connectivity index (χ2v) is 8.05. The quantitative estimate of drug-likeness (QED) is 0.533. The third-order valence-electron chi connectivity index (χ3n) is 4.91. The van der Waals surface area contributed by atoms with Gasteiger partial charge in [0, 0.05) is 5.57 Å². The van der Waals surface area contributed by atoms with Crippen LogP contribution in [-0.2, 0) is 9.59 Å². The van der Waals surface area contributed by atoms with Crippen LogP contribution in [0.3, 0.4) is 0 Å². The number of carbonyl (C=O) groups is 2. The first-order valence-corrected chi connectivity index (χ1v) is 10.4. The Hall–Kier alpha value is -2.63. The fourth-order valence-electron chi connectivity index (χ4n) is 3.33. The molecule has 1 heterocycles. The molecule has 7 heteroatoms. The number of hydrogen-bond acceptors (Lipinski definition) is 3. The number of hydrazone groups is 1. The Morgan fingerprint density at radius 1 is 1.17 bits per heavy atom. The maximum absolute atomic E-state index is 13.1.